The van der Waals surface area contributed by atoms with Gasteiger partial charge in [-0.05, 0) is 29.8 Å². The smallest absolute Gasteiger partial charge is 0.256 e. The largest absolute Gasteiger partial charge is 0.347 e. The predicted molar refractivity (Wildman–Crippen MR) is 108 cm³/mol. The number of ether oxygens (including phenoxy) is 2. The Kier molecular flexibility index (Phi) is 5.19. The van der Waals surface area contributed by atoms with Crippen LogP contribution < -0.4 is 0 Å². The summed E-state index contributed by atoms with van der Waals surface area (Å²) in [4.78, 5) is 34.1. The fourth-order valence-corrected chi connectivity index (χ4v) is 4.66. The van der Waals surface area contributed by atoms with Crippen molar-refractivity contribution in [2.24, 2.45) is 0 Å². The molecule has 7 nitrogen and oxygen atoms in total. The Bertz CT molecular complexity index is 981. The first kappa shape index (κ1) is 20.1. The molecule has 2 saturated heterocycles. The molecule has 4 heterocycles. The summed E-state index contributed by atoms with van der Waals surface area (Å²) in [7, 11) is 0. The van der Waals surface area contributed by atoms with Crippen LogP contribution in [0.25, 0.3) is 0 Å². The number of amides is 2. The van der Waals surface area contributed by atoms with Crippen LogP contribution in [0, 0.1) is 5.82 Å². The molecule has 8 heteroatoms. The van der Waals surface area contributed by atoms with Crippen molar-refractivity contribution in [1.29, 1.82) is 0 Å². The maximum Gasteiger partial charge on any atom is 0.256 e. The van der Waals surface area contributed by atoms with E-state index in [1.807, 2.05) is 4.90 Å². The summed E-state index contributed by atoms with van der Waals surface area (Å²) in [5.41, 5.74) is 1.95. The van der Waals surface area contributed by atoms with E-state index in [9.17, 15) is 14.0 Å². The highest BCUT2D eigenvalue weighted by molar-refractivity contribution is 5.99. The number of pyridine rings is 1. The third-order valence-electron chi connectivity index (χ3n) is 6.35. The Labute approximate surface area is 179 Å². The second-order valence-corrected chi connectivity index (χ2v) is 8.20. The van der Waals surface area contributed by atoms with Gasteiger partial charge in [-0.15, -0.1) is 0 Å². The number of carbonyl (C=O) groups excluding carboxylic acids is 2. The van der Waals surface area contributed by atoms with Gasteiger partial charge in [0, 0.05) is 38.7 Å². The van der Waals surface area contributed by atoms with Gasteiger partial charge in [-0.3, -0.25) is 14.6 Å². The third kappa shape index (κ3) is 3.81. The van der Waals surface area contributed by atoms with Crippen molar-refractivity contribution in [3.05, 3.63) is 65.2 Å². The zero-order chi connectivity index (χ0) is 21.4. The summed E-state index contributed by atoms with van der Waals surface area (Å²) in [6.45, 7) is 2.61. The molecule has 2 amide bonds. The van der Waals surface area contributed by atoms with Crippen molar-refractivity contribution in [3.63, 3.8) is 0 Å². The molecule has 0 bridgehead atoms. The van der Waals surface area contributed by atoms with E-state index in [-0.39, 0.29) is 30.6 Å². The number of hydrogen-bond acceptors (Lipinski definition) is 5. The number of aromatic nitrogens is 1. The van der Waals surface area contributed by atoms with E-state index < -0.39 is 11.8 Å². The van der Waals surface area contributed by atoms with E-state index in [4.69, 9.17) is 9.47 Å². The van der Waals surface area contributed by atoms with Crippen LogP contribution in [0.3, 0.4) is 0 Å². The minimum atomic E-state index is -0.539. The molecular formula is C23H24FN3O4. The lowest BCUT2D eigenvalue weighted by Crippen LogP contribution is -2.47. The molecule has 3 aliphatic rings. The van der Waals surface area contributed by atoms with Crippen molar-refractivity contribution in [3.8, 4) is 0 Å². The van der Waals surface area contributed by atoms with Crippen LogP contribution in [-0.2, 0) is 20.8 Å². The van der Waals surface area contributed by atoms with Crippen LogP contribution in [0.2, 0.25) is 0 Å². The molecule has 162 valence electrons. The summed E-state index contributed by atoms with van der Waals surface area (Å²) in [5, 5.41) is 0. The second-order valence-electron chi connectivity index (χ2n) is 8.20. The minimum absolute atomic E-state index is 0.0201. The van der Waals surface area contributed by atoms with Gasteiger partial charge in [0.1, 0.15) is 5.82 Å². The first-order valence-electron chi connectivity index (χ1n) is 10.6. The lowest BCUT2D eigenvalue weighted by Gasteiger charge is -2.38. The van der Waals surface area contributed by atoms with Crippen LogP contribution >= 0.6 is 0 Å². The summed E-state index contributed by atoms with van der Waals surface area (Å²) < 4.78 is 24.8. The van der Waals surface area contributed by atoms with Gasteiger partial charge in [0.25, 0.3) is 5.91 Å². The standard InChI is InChI=1S/C23H24FN3O4/c24-17-5-3-16(4-6-17)15-27-19(21-18(22(27)29)2-1-9-25-21)14-20(28)26-10-7-23(8-11-26)30-12-13-31-23/h1-6,9,19H,7-8,10-15H2/t19-/m0/s1. The molecule has 3 aliphatic heterocycles. The molecule has 1 aromatic heterocycles. The predicted octanol–water partition coefficient (Wildman–Crippen LogP) is 2.67. The van der Waals surface area contributed by atoms with Gasteiger partial charge < -0.3 is 19.3 Å². The molecule has 1 spiro atoms. The number of nitrogens with zero attached hydrogens (tertiary/aromatic N) is 3. The molecule has 0 N–H and O–H groups in total. The number of carbonyl (C=O) groups is 2. The fraction of sp³-hybridized carbons (Fsp3) is 0.435. The summed E-state index contributed by atoms with van der Waals surface area (Å²) in [6.07, 6.45) is 3.10. The highest BCUT2D eigenvalue weighted by atomic mass is 19.1. The molecule has 0 aliphatic carbocycles. The highest BCUT2D eigenvalue weighted by Crippen LogP contribution is 2.37. The fourth-order valence-electron chi connectivity index (χ4n) is 4.66. The van der Waals surface area contributed by atoms with E-state index >= 15 is 0 Å². The van der Waals surface area contributed by atoms with Crippen molar-refractivity contribution >= 4 is 11.8 Å². The van der Waals surface area contributed by atoms with E-state index in [0.717, 1.165) is 5.56 Å². The van der Waals surface area contributed by atoms with Gasteiger partial charge in [-0.25, -0.2) is 4.39 Å². The molecule has 0 radical (unpaired) electrons. The van der Waals surface area contributed by atoms with Gasteiger partial charge in [0.2, 0.25) is 5.91 Å². The lowest BCUT2D eigenvalue weighted by atomic mass is 10.0. The number of benzene rings is 1. The molecule has 2 aromatic rings. The molecule has 31 heavy (non-hydrogen) atoms. The third-order valence-corrected chi connectivity index (χ3v) is 6.35. The van der Waals surface area contributed by atoms with Gasteiger partial charge >= 0.3 is 0 Å². The van der Waals surface area contributed by atoms with Crippen LogP contribution in [0.5, 0.6) is 0 Å². The van der Waals surface area contributed by atoms with Gasteiger partial charge in [0.05, 0.1) is 36.9 Å². The summed E-state index contributed by atoms with van der Waals surface area (Å²) in [6, 6.07) is 9.08. The van der Waals surface area contributed by atoms with Crippen LogP contribution in [-0.4, -0.2) is 58.7 Å². The number of likely N-dealkylation sites (tertiary alicyclic amines) is 1. The Balaban J connectivity index is 1.33. The number of piperidine rings is 1. The van der Waals surface area contributed by atoms with E-state index in [1.54, 1.807) is 35.4 Å². The molecule has 5 rings (SSSR count). The Morgan fingerprint density at radius 1 is 1.13 bits per heavy atom. The zero-order valence-electron chi connectivity index (χ0n) is 17.1. The van der Waals surface area contributed by atoms with Crippen molar-refractivity contribution in [2.45, 2.75) is 37.6 Å². The molecule has 0 saturated carbocycles. The first-order chi connectivity index (χ1) is 15.0. The van der Waals surface area contributed by atoms with E-state index in [1.165, 1.54) is 12.1 Å². The second kappa shape index (κ2) is 8.01. The first-order valence-corrected chi connectivity index (χ1v) is 10.6. The molecule has 2 fully saturated rings. The molecular weight excluding hydrogens is 401 g/mol. The van der Waals surface area contributed by atoms with E-state index in [0.29, 0.717) is 50.4 Å². The van der Waals surface area contributed by atoms with Crippen molar-refractivity contribution in [1.82, 2.24) is 14.8 Å². The Morgan fingerprint density at radius 2 is 1.84 bits per heavy atom. The van der Waals surface area contributed by atoms with Gasteiger partial charge in [0.15, 0.2) is 5.79 Å². The SMILES string of the molecule is O=C(C[C@H]1c2ncccc2C(=O)N1Cc1ccc(F)cc1)N1CCC2(CC1)OCCO2. The lowest BCUT2D eigenvalue weighted by molar-refractivity contribution is -0.187. The summed E-state index contributed by atoms with van der Waals surface area (Å²) in [5.74, 6) is -1.04. The van der Waals surface area contributed by atoms with Gasteiger partial charge in [-0.1, -0.05) is 12.1 Å². The number of halogens is 1. The quantitative estimate of drug-likeness (QED) is 0.753. The minimum Gasteiger partial charge on any atom is -0.347 e. The normalized spacial score (nSPS) is 22.2. The molecule has 1 atom stereocenters. The highest BCUT2D eigenvalue weighted by Gasteiger charge is 2.43. The van der Waals surface area contributed by atoms with Crippen LogP contribution in [0.1, 0.15) is 46.9 Å². The van der Waals surface area contributed by atoms with E-state index in [2.05, 4.69) is 4.98 Å². The molecule has 1 aromatic carbocycles. The van der Waals surface area contributed by atoms with Crippen molar-refractivity contribution in [2.75, 3.05) is 26.3 Å². The Hall–Kier alpha value is -2.84. The number of fused-ring (bicyclic) bond motifs is 1. The van der Waals surface area contributed by atoms with Crippen molar-refractivity contribution < 1.29 is 23.5 Å². The topological polar surface area (TPSA) is 72.0 Å². The Morgan fingerprint density at radius 3 is 2.55 bits per heavy atom. The van der Waals surface area contributed by atoms with Crippen LogP contribution in [0.15, 0.2) is 42.6 Å². The number of hydrogen-bond donors (Lipinski definition) is 0. The average Bonchev–Trinajstić information content (AvgIpc) is 3.34. The zero-order valence-corrected chi connectivity index (χ0v) is 17.1. The maximum absolute atomic E-state index is 13.3. The van der Waals surface area contributed by atoms with Crippen LogP contribution in [0.4, 0.5) is 4.39 Å². The monoisotopic (exact) mass is 425 g/mol. The van der Waals surface area contributed by atoms with Gasteiger partial charge in [-0.2, -0.15) is 0 Å². The number of rotatable bonds is 4. The summed E-state index contributed by atoms with van der Waals surface area (Å²) >= 11 is 0. The maximum atomic E-state index is 13.3. The molecule has 0 unspecified atom stereocenters. The average molecular weight is 425 g/mol.